The van der Waals surface area contributed by atoms with E-state index in [4.69, 9.17) is 19.0 Å². The summed E-state index contributed by atoms with van der Waals surface area (Å²) in [5.41, 5.74) is 5.22. The van der Waals surface area contributed by atoms with Gasteiger partial charge in [0.1, 0.15) is 0 Å². The van der Waals surface area contributed by atoms with Crippen molar-refractivity contribution >= 4 is 15.0 Å². The Labute approximate surface area is 85.4 Å². The van der Waals surface area contributed by atoms with Crippen LogP contribution >= 0.6 is 0 Å². The Morgan fingerprint density at radius 1 is 1.29 bits per heavy atom. The molecule has 2 amide bonds. The monoisotopic (exact) mass is 222 g/mol. The molecule has 0 unspecified atom stereocenters. The molecule has 0 atom stereocenters. The van der Waals surface area contributed by atoms with Crippen LogP contribution < -0.4 is 5.73 Å². The molecule has 0 fully saturated rings. The maximum absolute atomic E-state index is 11.2. The van der Waals surface area contributed by atoms with Crippen LogP contribution in [0.25, 0.3) is 0 Å². The first-order chi connectivity index (χ1) is 6.57. The van der Waals surface area contributed by atoms with Gasteiger partial charge in [-0.3, -0.25) is 4.57 Å². The predicted molar refractivity (Wildman–Crippen MR) is 53.4 cm³/mol. The number of rotatable bonds is 6. The minimum Gasteiger partial charge on any atom is -0.360 e. The van der Waals surface area contributed by atoms with Gasteiger partial charge in [-0.05, 0) is 6.42 Å². The number of primary amides is 1. The topological polar surface area (TPSA) is 74.0 Å². The standard InChI is InChI=1S/C7H18N2O4Si/c1-5-6-9(7(8)10)14(11-2,12-3)13-4/h5-6H2,1-4H3,(H2,8,10). The molecule has 84 valence electrons. The van der Waals surface area contributed by atoms with E-state index in [1.165, 1.54) is 25.9 Å². The SMILES string of the molecule is CCCN(C(N)=O)[Si](OC)(OC)OC. The minimum atomic E-state index is -3.07. The lowest BCUT2D eigenvalue weighted by atomic mass is 10.5. The summed E-state index contributed by atoms with van der Waals surface area (Å²) in [6.07, 6.45) is 0.758. The molecule has 14 heavy (non-hydrogen) atoms. The molecule has 0 aromatic carbocycles. The third-order valence-electron chi connectivity index (χ3n) is 1.82. The van der Waals surface area contributed by atoms with Crippen molar-refractivity contribution in [2.45, 2.75) is 13.3 Å². The number of hydrogen-bond acceptors (Lipinski definition) is 4. The van der Waals surface area contributed by atoms with Gasteiger partial charge >= 0.3 is 15.0 Å². The molecule has 0 aliphatic heterocycles. The Balaban J connectivity index is 4.79. The summed E-state index contributed by atoms with van der Waals surface area (Å²) >= 11 is 0. The van der Waals surface area contributed by atoms with Crippen molar-refractivity contribution in [1.82, 2.24) is 4.57 Å². The zero-order chi connectivity index (χ0) is 11.2. The molecule has 0 saturated heterocycles. The zero-order valence-corrected chi connectivity index (χ0v) is 10.1. The number of nitrogens with zero attached hydrogens (tertiary/aromatic N) is 1. The smallest absolute Gasteiger partial charge is 0.360 e. The lowest BCUT2D eigenvalue weighted by Gasteiger charge is -2.33. The van der Waals surface area contributed by atoms with Crippen molar-refractivity contribution in [2.24, 2.45) is 5.73 Å². The molecule has 0 radical (unpaired) electrons. The number of carbonyl (C=O) groups is 1. The van der Waals surface area contributed by atoms with Gasteiger partial charge < -0.3 is 19.0 Å². The van der Waals surface area contributed by atoms with E-state index in [0.717, 1.165) is 6.42 Å². The van der Waals surface area contributed by atoms with Gasteiger partial charge in [0, 0.05) is 27.9 Å². The van der Waals surface area contributed by atoms with Gasteiger partial charge in [-0.25, -0.2) is 4.79 Å². The van der Waals surface area contributed by atoms with Crippen molar-refractivity contribution in [1.29, 1.82) is 0 Å². The van der Waals surface area contributed by atoms with E-state index in [1.54, 1.807) is 0 Å². The Morgan fingerprint density at radius 2 is 1.71 bits per heavy atom. The molecule has 6 nitrogen and oxygen atoms in total. The summed E-state index contributed by atoms with van der Waals surface area (Å²) in [7, 11) is 1.23. The number of hydrogen-bond donors (Lipinski definition) is 1. The Bertz CT molecular complexity index is 178. The van der Waals surface area contributed by atoms with Crippen LogP contribution in [0.1, 0.15) is 13.3 Å². The van der Waals surface area contributed by atoms with Crippen LogP contribution in [0.3, 0.4) is 0 Å². The van der Waals surface area contributed by atoms with E-state index in [9.17, 15) is 4.79 Å². The second-order valence-electron chi connectivity index (χ2n) is 2.63. The zero-order valence-electron chi connectivity index (χ0n) is 9.07. The van der Waals surface area contributed by atoms with Crippen molar-refractivity contribution in [3.63, 3.8) is 0 Å². The van der Waals surface area contributed by atoms with Crippen LogP contribution in [-0.4, -0.2) is 47.4 Å². The molecular weight excluding hydrogens is 204 g/mol. The van der Waals surface area contributed by atoms with Crippen LogP contribution in [0.15, 0.2) is 0 Å². The average molecular weight is 222 g/mol. The Morgan fingerprint density at radius 3 is 1.93 bits per heavy atom. The number of nitrogens with two attached hydrogens (primary N) is 1. The molecule has 0 spiro atoms. The minimum absolute atomic E-state index is 0.455. The molecule has 0 heterocycles. The quantitative estimate of drug-likeness (QED) is 0.649. The average Bonchev–Trinajstić information content (AvgIpc) is 2.19. The van der Waals surface area contributed by atoms with E-state index >= 15 is 0 Å². The van der Waals surface area contributed by atoms with E-state index in [1.807, 2.05) is 6.92 Å². The van der Waals surface area contributed by atoms with Crippen LogP contribution in [-0.2, 0) is 13.3 Å². The van der Waals surface area contributed by atoms with Crippen molar-refractivity contribution in [3.8, 4) is 0 Å². The van der Waals surface area contributed by atoms with Crippen LogP contribution in [0.5, 0.6) is 0 Å². The fourth-order valence-electron chi connectivity index (χ4n) is 1.19. The third-order valence-corrected chi connectivity index (χ3v) is 4.47. The lowest BCUT2D eigenvalue weighted by molar-refractivity contribution is 0.0699. The second-order valence-corrected chi connectivity index (χ2v) is 5.44. The first-order valence-electron chi connectivity index (χ1n) is 4.30. The fourth-order valence-corrected chi connectivity index (χ4v) is 3.11. The summed E-state index contributed by atoms with van der Waals surface area (Å²) in [5.74, 6) is 0. The number of urea groups is 1. The van der Waals surface area contributed by atoms with Gasteiger partial charge in [0.2, 0.25) is 0 Å². The van der Waals surface area contributed by atoms with Crippen molar-refractivity contribution in [3.05, 3.63) is 0 Å². The highest BCUT2D eigenvalue weighted by atomic mass is 28.4. The number of amides is 2. The third kappa shape index (κ3) is 2.68. The van der Waals surface area contributed by atoms with Crippen molar-refractivity contribution in [2.75, 3.05) is 27.9 Å². The van der Waals surface area contributed by atoms with Crippen LogP contribution in [0, 0.1) is 0 Å². The molecule has 0 aromatic heterocycles. The second kappa shape index (κ2) is 5.97. The lowest BCUT2D eigenvalue weighted by Crippen LogP contribution is -2.63. The maximum Gasteiger partial charge on any atom is 0.636 e. The highest BCUT2D eigenvalue weighted by Gasteiger charge is 2.48. The molecule has 0 aliphatic rings. The van der Waals surface area contributed by atoms with E-state index < -0.39 is 15.0 Å². The maximum atomic E-state index is 11.2. The first-order valence-corrected chi connectivity index (χ1v) is 5.97. The summed E-state index contributed by atoms with van der Waals surface area (Å²) in [6, 6.07) is -0.593. The fraction of sp³-hybridized carbons (Fsp3) is 0.857. The summed E-state index contributed by atoms with van der Waals surface area (Å²) in [4.78, 5) is 11.2. The predicted octanol–water partition coefficient (Wildman–Crippen LogP) is 0.152. The largest absolute Gasteiger partial charge is 0.636 e. The van der Waals surface area contributed by atoms with Crippen LogP contribution in [0.2, 0.25) is 0 Å². The van der Waals surface area contributed by atoms with Gasteiger partial charge in [0.05, 0.1) is 0 Å². The molecule has 0 aliphatic carbocycles. The summed E-state index contributed by atoms with van der Waals surface area (Å²) < 4.78 is 16.7. The first kappa shape index (κ1) is 13.4. The molecule has 0 rings (SSSR count). The molecule has 0 bridgehead atoms. The van der Waals surface area contributed by atoms with E-state index in [-0.39, 0.29) is 0 Å². The van der Waals surface area contributed by atoms with Crippen molar-refractivity contribution < 1.29 is 18.1 Å². The van der Waals surface area contributed by atoms with Gasteiger partial charge in [0.25, 0.3) is 0 Å². The summed E-state index contributed by atoms with van der Waals surface area (Å²) in [5, 5.41) is 0. The van der Waals surface area contributed by atoms with Gasteiger partial charge in [-0.2, -0.15) is 0 Å². The van der Waals surface area contributed by atoms with Crippen LogP contribution in [0.4, 0.5) is 4.79 Å². The molecule has 0 aromatic rings. The van der Waals surface area contributed by atoms with E-state index in [0.29, 0.717) is 6.54 Å². The number of carbonyl (C=O) groups excluding carboxylic acids is 1. The summed E-state index contributed by atoms with van der Waals surface area (Å²) in [6.45, 7) is 2.38. The Kier molecular flexibility index (Phi) is 5.70. The molecule has 7 heteroatoms. The highest BCUT2D eigenvalue weighted by molar-refractivity contribution is 6.60. The van der Waals surface area contributed by atoms with Gasteiger partial charge in [-0.15, -0.1) is 0 Å². The molecule has 2 N–H and O–H groups in total. The van der Waals surface area contributed by atoms with Gasteiger partial charge in [-0.1, -0.05) is 6.92 Å². The highest BCUT2D eigenvalue weighted by Crippen LogP contribution is 2.13. The van der Waals surface area contributed by atoms with E-state index in [2.05, 4.69) is 0 Å². The molecule has 0 saturated carbocycles. The normalized spacial score (nSPS) is 11.4. The van der Waals surface area contributed by atoms with Gasteiger partial charge in [0.15, 0.2) is 0 Å². The molecular formula is C7H18N2O4Si. The Hall–Kier alpha value is -0.633.